The van der Waals surface area contributed by atoms with E-state index in [1.807, 2.05) is 0 Å². The molecule has 0 saturated heterocycles. The van der Waals surface area contributed by atoms with Crippen LogP contribution in [-0.4, -0.2) is 16.0 Å². The topological polar surface area (TPSA) is 0 Å². The summed E-state index contributed by atoms with van der Waals surface area (Å²) in [6.07, 6.45) is 0. The van der Waals surface area contributed by atoms with Crippen molar-refractivity contribution < 1.29 is 0 Å². The molecule has 0 saturated carbocycles. The molecule has 31 heavy (non-hydrogen) atoms. The Kier molecular flexibility index (Phi) is 7.51. The fraction of sp³-hybridized carbons (Fsp3) is 0.400. The van der Waals surface area contributed by atoms with Crippen molar-refractivity contribution in [3.05, 3.63) is 76.9 Å². The van der Waals surface area contributed by atoms with Crippen LogP contribution in [-0.2, 0) is 0 Å². The third-order valence-corrected chi connectivity index (χ3v) is 7.18. The first-order valence-electron chi connectivity index (χ1n) is 11.7. The fourth-order valence-electron chi connectivity index (χ4n) is 3.99. The maximum absolute atomic E-state index is 3.43. The molecule has 0 aliphatic heterocycles. The van der Waals surface area contributed by atoms with E-state index in [0.717, 1.165) is 0 Å². The first-order valence-corrected chi connectivity index (χ1v) is 12.5. The molecule has 0 bridgehead atoms. The summed E-state index contributed by atoms with van der Waals surface area (Å²) in [5.74, 6) is 2.06. The summed E-state index contributed by atoms with van der Waals surface area (Å²) in [6, 6.07) is 21.0. The zero-order valence-corrected chi connectivity index (χ0v) is 22.1. The molecule has 163 valence electrons. The quantitative estimate of drug-likeness (QED) is 0.314. The van der Waals surface area contributed by atoms with Crippen LogP contribution in [0.1, 0.15) is 101 Å². The average molecular weight is 477 g/mol. The fourth-order valence-corrected chi connectivity index (χ4v) is 4.77. The molecule has 0 atom stereocenters. The Morgan fingerprint density at radius 2 is 0.774 bits per heavy atom. The number of hydrogen-bond donors (Lipinski definition) is 0. The van der Waals surface area contributed by atoms with Crippen LogP contribution in [0.4, 0.5) is 0 Å². The van der Waals surface area contributed by atoms with Gasteiger partial charge in [-0.1, -0.05) is 0 Å². The summed E-state index contributed by atoms with van der Waals surface area (Å²) >= 11 is 3.43. The predicted octanol–water partition coefficient (Wildman–Crippen LogP) is 8.31. The molecule has 0 heterocycles. The van der Waals surface area contributed by atoms with E-state index in [9.17, 15) is 0 Å². The van der Waals surface area contributed by atoms with Crippen LogP contribution in [0.15, 0.2) is 54.6 Å². The van der Waals surface area contributed by atoms with Crippen molar-refractivity contribution in [2.24, 2.45) is 0 Å². The van der Waals surface area contributed by atoms with Gasteiger partial charge in [0.1, 0.15) is 0 Å². The van der Waals surface area contributed by atoms with E-state index in [0.29, 0.717) is 23.7 Å². The maximum atomic E-state index is 3.43. The Hall–Kier alpha value is -1.82. The standard InChI is InChI=1S/C30H37Se/c1-18(2)22-12-23(19(3)4)15-26(14-22)28-10-9-11-29(30(28)31)27-16-24(20(5)6)13-25(17-27)21(7)8/h9-21H,1-8H3. The molecule has 3 aromatic carbocycles. The first kappa shape index (κ1) is 23.8. The summed E-state index contributed by atoms with van der Waals surface area (Å²) in [5, 5.41) is 0. The Morgan fingerprint density at radius 3 is 1.03 bits per heavy atom. The van der Waals surface area contributed by atoms with E-state index in [2.05, 4.69) is 126 Å². The molecule has 0 aliphatic carbocycles. The molecule has 3 aromatic rings. The van der Waals surface area contributed by atoms with Crippen LogP contribution in [0.5, 0.6) is 0 Å². The van der Waals surface area contributed by atoms with Crippen LogP contribution in [0.2, 0.25) is 0 Å². The van der Waals surface area contributed by atoms with Gasteiger partial charge in [0, 0.05) is 0 Å². The SMILES string of the molecule is CC(C)c1cc(-c2cccc(-c3cc(C(C)C)cc(C(C)C)c3)c2[Se])cc(C(C)C)c1. The molecule has 3 rings (SSSR count). The number of rotatable bonds is 6. The second-order valence-corrected chi connectivity index (χ2v) is 10.9. The zero-order chi connectivity index (χ0) is 22.9. The summed E-state index contributed by atoms with van der Waals surface area (Å²) in [4.78, 5) is 0. The second kappa shape index (κ2) is 9.76. The van der Waals surface area contributed by atoms with E-state index < -0.39 is 0 Å². The van der Waals surface area contributed by atoms with Crippen LogP contribution in [0, 0.1) is 0 Å². The van der Waals surface area contributed by atoms with E-state index in [4.69, 9.17) is 0 Å². The average Bonchev–Trinajstić information content (AvgIpc) is 2.73. The van der Waals surface area contributed by atoms with Gasteiger partial charge in [0.05, 0.1) is 0 Å². The first-order chi connectivity index (χ1) is 14.6. The van der Waals surface area contributed by atoms with Crippen molar-refractivity contribution in [1.82, 2.24) is 0 Å². The minimum absolute atomic E-state index is 0.515. The Morgan fingerprint density at radius 1 is 0.484 bits per heavy atom. The van der Waals surface area contributed by atoms with E-state index >= 15 is 0 Å². The van der Waals surface area contributed by atoms with Gasteiger partial charge in [-0.05, 0) is 0 Å². The third kappa shape index (κ3) is 5.33. The molecule has 0 fully saturated rings. The summed E-state index contributed by atoms with van der Waals surface area (Å²) in [6.45, 7) is 18.2. The monoisotopic (exact) mass is 477 g/mol. The molecular formula is C30H37Se. The van der Waals surface area contributed by atoms with E-state index in [-0.39, 0.29) is 0 Å². The molecule has 0 aromatic heterocycles. The molecule has 0 spiro atoms. The van der Waals surface area contributed by atoms with E-state index in [1.54, 1.807) is 0 Å². The van der Waals surface area contributed by atoms with Crippen molar-refractivity contribution in [3.8, 4) is 22.3 Å². The predicted molar refractivity (Wildman–Crippen MR) is 139 cm³/mol. The molecule has 0 amide bonds. The molecule has 1 heteroatoms. The van der Waals surface area contributed by atoms with Crippen LogP contribution >= 0.6 is 0 Å². The molecular weight excluding hydrogens is 439 g/mol. The van der Waals surface area contributed by atoms with Gasteiger partial charge >= 0.3 is 199 Å². The van der Waals surface area contributed by atoms with Crippen molar-refractivity contribution in [1.29, 1.82) is 0 Å². The zero-order valence-electron chi connectivity index (χ0n) is 20.4. The van der Waals surface area contributed by atoms with Crippen LogP contribution < -0.4 is 4.46 Å². The molecule has 0 nitrogen and oxygen atoms in total. The molecule has 0 aliphatic rings. The Bertz CT molecular complexity index is 920. The van der Waals surface area contributed by atoms with Gasteiger partial charge in [-0.3, -0.25) is 0 Å². The minimum atomic E-state index is 0.515. The summed E-state index contributed by atoms with van der Waals surface area (Å²) in [7, 11) is 0. The van der Waals surface area contributed by atoms with Gasteiger partial charge in [-0.15, -0.1) is 0 Å². The van der Waals surface area contributed by atoms with Crippen LogP contribution in [0.3, 0.4) is 0 Å². The number of hydrogen-bond acceptors (Lipinski definition) is 0. The molecule has 0 unspecified atom stereocenters. The number of benzene rings is 3. The van der Waals surface area contributed by atoms with E-state index in [1.165, 1.54) is 49.0 Å². The summed E-state index contributed by atoms with van der Waals surface area (Å²) < 4.78 is 1.24. The van der Waals surface area contributed by atoms with Gasteiger partial charge in [0.15, 0.2) is 0 Å². The van der Waals surface area contributed by atoms with Gasteiger partial charge in [-0.25, -0.2) is 0 Å². The van der Waals surface area contributed by atoms with Crippen molar-refractivity contribution in [2.45, 2.75) is 79.1 Å². The molecule has 1 radical (unpaired) electrons. The Labute approximate surface area is 198 Å². The van der Waals surface area contributed by atoms with Gasteiger partial charge in [0.2, 0.25) is 0 Å². The van der Waals surface area contributed by atoms with Crippen molar-refractivity contribution in [3.63, 3.8) is 0 Å². The van der Waals surface area contributed by atoms with Crippen molar-refractivity contribution >= 4 is 20.5 Å². The Balaban J connectivity index is 2.20. The summed E-state index contributed by atoms with van der Waals surface area (Å²) in [5.41, 5.74) is 10.9. The van der Waals surface area contributed by atoms with Gasteiger partial charge in [-0.2, -0.15) is 0 Å². The van der Waals surface area contributed by atoms with Crippen molar-refractivity contribution in [2.75, 3.05) is 0 Å². The normalized spacial score (nSPS) is 11.9. The van der Waals surface area contributed by atoms with Gasteiger partial charge < -0.3 is 0 Å². The molecule has 0 N–H and O–H groups in total. The second-order valence-electron chi connectivity index (χ2n) is 10.1. The van der Waals surface area contributed by atoms with Gasteiger partial charge in [0.25, 0.3) is 0 Å². The third-order valence-electron chi connectivity index (χ3n) is 6.26. The van der Waals surface area contributed by atoms with Crippen LogP contribution in [0.25, 0.3) is 22.3 Å².